The summed E-state index contributed by atoms with van der Waals surface area (Å²) in [6, 6.07) is 39.0. The maximum atomic E-state index is 4.92. The number of para-hydroxylation sites is 3. The minimum Gasteiger partial charge on any atom is -0.310 e. The molecule has 0 N–H and O–H groups in total. The lowest BCUT2D eigenvalue weighted by molar-refractivity contribution is 0.967. The number of rotatable bonds is 3. The average Bonchev–Trinajstić information content (AvgIpc) is 3.51. The number of aryl methyl sites for hydroxylation is 1. The van der Waals surface area contributed by atoms with Gasteiger partial charge in [-0.2, -0.15) is 0 Å². The Hall–Kier alpha value is -4.89. The van der Waals surface area contributed by atoms with Gasteiger partial charge in [-0.1, -0.05) is 72.8 Å². The third-order valence-electron chi connectivity index (χ3n) is 7.87. The van der Waals surface area contributed by atoms with E-state index in [-0.39, 0.29) is 0 Å². The molecule has 0 saturated carbocycles. The molecular weight excluding hydrogens is 462 g/mol. The van der Waals surface area contributed by atoms with Gasteiger partial charge in [0.1, 0.15) is 5.82 Å². The van der Waals surface area contributed by atoms with Crippen molar-refractivity contribution in [2.45, 2.75) is 12.8 Å². The van der Waals surface area contributed by atoms with Gasteiger partial charge in [0, 0.05) is 39.3 Å². The van der Waals surface area contributed by atoms with Crippen LogP contribution in [0.15, 0.2) is 121 Å². The molecule has 8 rings (SSSR count). The standard InChI is InChI=1S/C35H25N3/c1-5-13-31-27(9-1)28-10-2-6-14-32(28)37(31)26-20-17-24(18-21-26)25-19-22-35(36-23-25)38-33-15-7-3-11-29(33)30-12-4-8-16-34(30)38/h1,3-9,11-23H,2,10H2. The Labute approximate surface area is 220 Å². The highest BCUT2D eigenvalue weighted by Crippen LogP contribution is 2.35. The van der Waals surface area contributed by atoms with Gasteiger partial charge in [-0.25, -0.2) is 4.98 Å². The van der Waals surface area contributed by atoms with Crippen LogP contribution in [-0.4, -0.2) is 14.1 Å². The predicted molar refractivity (Wildman–Crippen MR) is 158 cm³/mol. The maximum Gasteiger partial charge on any atom is 0.137 e. The van der Waals surface area contributed by atoms with Crippen LogP contribution in [0.4, 0.5) is 0 Å². The summed E-state index contributed by atoms with van der Waals surface area (Å²) in [5.74, 6) is 0.931. The number of hydrogen-bond donors (Lipinski definition) is 0. The van der Waals surface area contributed by atoms with Crippen LogP contribution < -0.4 is 0 Å². The van der Waals surface area contributed by atoms with E-state index in [1.54, 1.807) is 0 Å². The molecule has 0 unspecified atom stereocenters. The fraction of sp³-hybridized carbons (Fsp3) is 0.0571. The van der Waals surface area contributed by atoms with Crippen LogP contribution in [0.25, 0.3) is 61.4 Å². The first kappa shape index (κ1) is 21.2. The van der Waals surface area contributed by atoms with Crippen molar-refractivity contribution in [3.8, 4) is 22.6 Å². The molecule has 3 heterocycles. The first-order valence-corrected chi connectivity index (χ1v) is 13.2. The maximum absolute atomic E-state index is 4.92. The van der Waals surface area contributed by atoms with Crippen molar-refractivity contribution in [1.29, 1.82) is 0 Å². The van der Waals surface area contributed by atoms with Crippen molar-refractivity contribution in [1.82, 2.24) is 14.1 Å². The Morgan fingerprint density at radius 1 is 0.553 bits per heavy atom. The average molecular weight is 488 g/mol. The second-order valence-corrected chi connectivity index (χ2v) is 9.98. The zero-order valence-corrected chi connectivity index (χ0v) is 20.9. The minimum atomic E-state index is 0.931. The first-order valence-electron chi connectivity index (χ1n) is 13.2. The second-order valence-electron chi connectivity index (χ2n) is 9.98. The van der Waals surface area contributed by atoms with E-state index < -0.39 is 0 Å². The summed E-state index contributed by atoms with van der Waals surface area (Å²) < 4.78 is 4.65. The largest absolute Gasteiger partial charge is 0.310 e. The fourth-order valence-electron chi connectivity index (χ4n) is 6.13. The first-order chi connectivity index (χ1) is 18.9. The van der Waals surface area contributed by atoms with E-state index >= 15 is 0 Å². The molecule has 3 heteroatoms. The molecule has 0 saturated heterocycles. The van der Waals surface area contributed by atoms with Gasteiger partial charge in [0.05, 0.1) is 16.6 Å². The molecule has 38 heavy (non-hydrogen) atoms. The lowest BCUT2D eigenvalue weighted by atomic mass is 10.0. The Balaban J connectivity index is 1.18. The van der Waals surface area contributed by atoms with Crippen molar-refractivity contribution in [3.05, 3.63) is 133 Å². The molecule has 0 amide bonds. The zero-order valence-electron chi connectivity index (χ0n) is 20.9. The highest BCUT2D eigenvalue weighted by molar-refractivity contribution is 6.09. The number of benzene rings is 4. The van der Waals surface area contributed by atoms with Crippen LogP contribution in [0.2, 0.25) is 0 Å². The van der Waals surface area contributed by atoms with Gasteiger partial charge < -0.3 is 4.57 Å². The van der Waals surface area contributed by atoms with E-state index in [0.717, 1.165) is 29.8 Å². The molecule has 0 aliphatic heterocycles. The van der Waals surface area contributed by atoms with E-state index in [1.807, 2.05) is 6.20 Å². The third kappa shape index (κ3) is 3.12. The van der Waals surface area contributed by atoms with E-state index in [9.17, 15) is 0 Å². The van der Waals surface area contributed by atoms with Gasteiger partial charge in [0.25, 0.3) is 0 Å². The van der Waals surface area contributed by atoms with Gasteiger partial charge in [-0.05, 0) is 72.5 Å². The van der Waals surface area contributed by atoms with E-state index in [0.29, 0.717) is 0 Å². The zero-order chi connectivity index (χ0) is 25.1. The molecule has 0 atom stereocenters. The van der Waals surface area contributed by atoms with Crippen molar-refractivity contribution in [2.75, 3.05) is 0 Å². The van der Waals surface area contributed by atoms with Crippen LogP contribution in [0.3, 0.4) is 0 Å². The fourth-order valence-corrected chi connectivity index (χ4v) is 6.13. The molecule has 3 nitrogen and oxygen atoms in total. The number of allylic oxidation sites excluding steroid dienone is 1. The summed E-state index contributed by atoms with van der Waals surface area (Å²) in [6.45, 7) is 0. The lowest BCUT2D eigenvalue weighted by Crippen LogP contribution is -2.00. The second kappa shape index (κ2) is 8.32. The Morgan fingerprint density at radius 3 is 1.82 bits per heavy atom. The molecule has 0 bridgehead atoms. The quantitative estimate of drug-likeness (QED) is 0.244. The summed E-state index contributed by atoms with van der Waals surface area (Å²) in [7, 11) is 0. The van der Waals surface area contributed by atoms with E-state index in [1.165, 1.54) is 49.7 Å². The summed E-state index contributed by atoms with van der Waals surface area (Å²) in [5.41, 5.74) is 9.85. The van der Waals surface area contributed by atoms with Crippen molar-refractivity contribution < 1.29 is 0 Å². The highest BCUT2D eigenvalue weighted by Gasteiger charge is 2.18. The molecule has 1 aliphatic rings. The minimum absolute atomic E-state index is 0.931. The summed E-state index contributed by atoms with van der Waals surface area (Å²) >= 11 is 0. The number of nitrogens with zero attached hydrogens (tertiary/aromatic N) is 3. The monoisotopic (exact) mass is 487 g/mol. The Bertz CT molecular complexity index is 1950. The summed E-state index contributed by atoms with van der Waals surface area (Å²) in [4.78, 5) is 4.92. The van der Waals surface area contributed by atoms with Gasteiger partial charge in [-0.15, -0.1) is 0 Å². The van der Waals surface area contributed by atoms with E-state index in [2.05, 4.69) is 130 Å². The van der Waals surface area contributed by atoms with Gasteiger partial charge in [-0.3, -0.25) is 4.57 Å². The van der Waals surface area contributed by atoms with Gasteiger partial charge in [0.15, 0.2) is 0 Å². The molecule has 1 aliphatic carbocycles. The molecular formula is C35H25N3. The van der Waals surface area contributed by atoms with E-state index in [4.69, 9.17) is 4.98 Å². The molecule has 4 aromatic carbocycles. The van der Waals surface area contributed by atoms with Crippen LogP contribution in [0, 0.1) is 0 Å². The van der Waals surface area contributed by atoms with Gasteiger partial charge >= 0.3 is 0 Å². The molecule has 7 aromatic rings. The number of aromatic nitrogens is 3. The van der Waals surface area contributed by atoms with Crippen molar-refractivity contribution >= 4 is 38.8 Å². The van der Waals surface area contributed by atoms with Crippen LogP contribution in [0.5, 0.6) is 0 Å². The summed E-state index contributed by atoms with van der Waals surface area (Å²) in [6.07, 6.45) is 8.77. The smallest absolute Gasteiger partial charge is 0.137 e. The normalized spacial score (nSPS) is 12.9. The highest BCUT2D eigenvalue weighted by atomic mass is 15.1. The molecule has 180 valence electrons. The lowest BCUT2D eigenvalue weighted by Gasteiger charge is -2.13. The molecule has 0 fully saturated rings. The SMILES string of the molecule is C1=Cc2c(c3ccccc3n2-c2ccc(-c3ccc(-n4c5ccccc5c5ccccc54)nc3)cc2)CC1. The third-order valence-corrected chi connectivity index (χ3v) is 7.87. The topological polar surface area (TPSA) is 22.8 Å². The van der Waals surface area contributed by atoms with Crippen LogP contribution >= 0.6 is 0 Å². The molecule has 0 radical (unpaired) electrons. The number of pyridine rings is 1. The number of fused-ring (bicyclic) bond motifs is 6. The summed E-state index contributed by atoms with van der Waals surface area (Å²) in [5, 5.41) is 3.86. The molecule has 3 aromatic heterocycles. The van der Waals surface area contributed by atoms with Crippen LogP contribution in [-0.2, 0) is 6.42 Å². The van der Waals surface area contributed by atoms with Crippen molar-refractivity contribution in [2.24, 2.45) is 0 Å². The number of hydrogen-bond acceptors (Lipinski definition) is 1. The van der Waals surface area contributed by atoms with Crippen molar-refractivity contribution in [3.63, 3.8) is 0 Å². The Morgan fingerprint density at radius 2 is 1.16 bits per heavy atom. The van der Waals surface area contributed by atoms with Crippen LogP contribution in [0.1, 0.15) is 17.7 Å². The van der Waals surface area contributed by atoms with Gasteiger partial charge in [0.2, 0.25) is 0 Å². The predicted octanol–water partition coefficient (Wildman–Crippen LogP) is 8.75. The Kier molecular flexibility index (Phi) is 4.65. The molecule has 0 spiro atoms.